The van der Waals surface area contributed by atoms with Crippen LogP contribution in [-0.2, 0) is 56.9 Å². The van der Waals surface area contributed by atoms with E-state index in [4.69, 9.17) is 14.2 Å². The third-order valence-corrected chi connectivity index (χ3v) is 11.0. The second-order valence-electron chi connectivity index (χ2n) is 20.0. The molecule has 0 heterocycles. The van der Waals surface area contributed by atoms with Crippen LogP contribution in [0.3, 0.4) is 0 Å². The molecule has 8 bridgehead atoms. The highest BCUT2D eigenvalue weighted by molar-refractivity contribution is 5.71. The second-order valence-corrected chi connectivity index (χ2v) is 20.0. The molecule has 1 aliphatic rings. The smallest absolute Gasteiger partial charge is 0.343 e. The van der Waals surface area contributed by atoms with Crippen molar-refractivity contribution in [2.24, 2.45) is 0 Å². The summed E-state index contributed by atoms with van der Waals surface area (Å²) in [4.78, 5) is 12.7. The molecular formula is C50H66O6. The Balaban J connectivity index is 1.96. The van der Waals surface area contributed by atoms with E-state index in [1.165, 1.54) is 7.11 Å². The van der Waals surface area contributed by atoms with E-state index < -0.39 is 5.97 Å². The summed E-state index contributed by atoms with van der Waals surface area (Å²) in [7, 11) is 1.37. The topological polar surface area (TPSA) is 85.2 Å². The van der Waals surface area contributed by atoms with Crippen molar-refractivity contribution in [1.29, 1.82) is 0 Å². The van der Waals surface area contributed by atoms with Gasteiger partial charge in [-0.2, -0.15) is 0 Å². The van der Waals surface area contributed by atoms with Gasteiger partial charge in [0.2, 0.25) is 0 Å². The van der Waals surface area contributed by atoms with Crippen molar-refractivity contribution in [3.05, 3.63) is 115 Å². The zero-order valence-electron chi connectivity index (χ0n) is 36.6. The molecule has 5 rings (SSSR count). The molecule has 0 radical (unpaired) electrons. The number of phenols is 2. The van der Waals surface area contributed by atoms with Gasteiger partial charge in [0.25, 0.3) is 0 Å². The molecule has 0 saturated carbocycles. The monoisotopic (exact) mass is 762 g/mol. The van der Waals surface area contributed by atoms with Crippen molar-refractivity contribution in [3.63, 3.8) is 0 Å². The summed E-state index contributed by atoms with van der Waals surface area (Å²) in [5.74, 6) is 1.40. The lowest BCUT2D eigenvalue weighted by Crippen LogP contribution is -2.18. The number of hydrogen-bond donors (Lipinski definition) is 2. The first-order valence-corrected chi connectivity index (χ1v) is 20.3. The molecule has 0 fully saturated rings. The van der Waals surface area contributed by atoms with Gasteiger partial charge in [-0.25, -0.2) is 4.79 Å². The normalized spacial score (nSPS) is 13.7. The van der Waals surface area contributed by atoms with Crippen molar-refractivity contribution in [2.45, 2.75) is 144 Å². The highest BCUT2D eigenvalue weighted by Crippen LogP contribution is 2.43. The highest BCUT2D eigenvalue weighted by Gasteiger charge is 2.28. The molecule has 6 heteroatoms. The van der Waals surface area contributed by atoms with Gasteiger partial charge in [0, 0.05) is 25.7 Å². The van der Waals surface area contributed by atoms with Crippen LogP contribution in [0.15, 0.2) is 48.5 Å². The van der Waals surface area contributed by atoms with Gasteiger partial charge in [-0.3, -0.25) is 0 Å². The quantitative estimate of drug-likeness (QED) is 0.168. The number of ether oxygens (including phenoxy) is 3. The maximum Gasteiger partial charge on any atom is 0.343 e. The van der Waals surface area contributed by atoms with Crippen molar-refractivity contribution < 1.29 is 29.2 Å². The molecule has 56 heavy (non-hydrogen) atoms. The molecule has 1 aliphatic carbocycles. The molecule has 0 aliphatic heterocycles. The predicted octanol–water partition coefficient (Wildman–Crippen LogP) is 11.3. The fourth-order valence-corrected chi connectivity index (χ4v) is 7.41. The highest BCUT2D eigenvalue weighted by atomic mass is 16.6. The van der Waals surface area contributed by atoms with Gasteiger partial charge in [-0.15, -0.1) is 0 Å². The molecule has 2 N–H and O–H groups in total. The van der Waals surface area contributed by atoms with E-state index in [0.29, 0.717) is 38.0 Å². The molecule has 302 valence electrons. The molecule has 4 aromatic rings. The average Bonchev–Trinajstić information content (AvgIpc) is 3.08. The predicted molar refractivity (Wildman–Crippen MR) is 228 cm³/mol. The lowest BCUT2D eigenvalue weighted by molar-refractivity contribution is -0.142. The van der Waals surface area contributed by atoms with Crippen LogP contribution in [0.25, 0.3) is 0 Å². The van der Waals surface area contributed by atoms with E-state index in [9.17, 15) is 15.0 Å². The SMILES string of the molecule is CCCOc1c2cc(C(C)(C)C)cc1Cc1cc(C(C)(C)C)cc(c1OCC(=O)OC)Cc1cc(C(C)(C)C)cc(c1O)Cc1cc(C(C)(C)C)cc(c1O)C2. The Morgan fingerprint density at radius 2 is 0.768 bits per heavy atom. The van der Waals surface area contributed by atoms with E-state index in [1.54, 1.807) is 0 Å². The van der Waals surface area contributed by atoms with Gasteiger partial charge in [0.1, 0.15) is 23.0 Å². The third kappa shape index (κ3) is 9.56. The van der Waals surface area contributed by atoms with Crippen molar-refractivity contribution in [1.82, 2.24) is 0 Å². The molecule has 0 amide bonds. The Bertz CT molecular complexity index is 2090. The standard InChI is InChI=1S/C50H66O6/c1-15-16-55-45-34-18-32-23-38(47(2,3)4)21-30(43(32)52)17-31-22-39(48(5,6)7)24-33(44(31)53)19-35-26-41(50(11,12)13)28-37(46(35)56-29-42(51)54-14)20-36(45)27-40(25-34)49(8,9)10/h21-28,52-53H,15-20,29H2,1-14H3. The minimum Gasteiger partial charge on any atom is -0.507 e. The molecule has 4 aromatic carbocycles. The number of carbonyl (C=O) groups is 1. The van der Waals surface area contributed by atoms with Crippen LogP contribution < -0.4 is 9.47 Å². The molecule has 0 atom stereocenters. The third-order valence-electron chi connectivity index (χ3n) is 11.0. The summed E-state index contributed by atoms with van der Waals surface area (Å²) in [6.45, 7) is 28.8. The van der Waals surface area contributed by atoms with Gasteiger partial charge in [0.15, 0.2) is 6.61 Å². The first-order valence-electron chi connectivity index (χ1n) is 20.3. The summed E-state index contributed by atoms with van der Waals surface area (Å²) in [6.07, 6.45) is 2.47. The van der Waals surface area contributed by atoms with Crippen LogP contribution in [0.2, 0.25) is 0 Å². The summed E-state index contributed by atoms with van der Waals surface area (Å²) >= 11 is 0. The van der Waals surface area contributed by atoms with Crippen LogP contribution in [0.5, 0.6) is 23.0 Å². The second kappa shape index (κ2) is 15.8. The van der Waals surface area contributed by atoms with Crippen molar-refractivity contribution >= 4 is 5.97 Å². The molecule has 0 unspecified atom stereocenters. The van der Waals surface area contributed by atoms with E-state index >= 15 is 0 Å². The minimum atomic E-state index is -0.469. The number of methoxy groups -OCH3 is 1. The first-order chi connectivity index (χ1) is 25.9. The zero-order chi connectivity index (χ0) is 41.5. The van der Waals surface area contributed by atoms with Crippen LogP contribution in [0.4, 0.5) is 0 Å². The van der Waals surface area contributed by atoms with Gasteiger partial charge >= 0.3 is 5.97 Å². The Morgan fingerprint density at radius 3 is 1.05 bits per heavy atom. The van der Waals surface area contributed by atoms with Gasteiger partial charge < -0.3 is 24.4 Å². The number of benzene rings is 4. The summed E-state index contributed by atoms with van der Waals surface area (Å²) in [6, 6.07) is 17.3. The zero-order valence-corrected chi connectivity index (χ0v) is 36.6. The number of fused-ring (bicyclic) bond motifs is 8. The summed E-state index contributed by atoms with van der Waals surface area (Å²) in [5.41, 5.74) is 10.6. The van der Waals surface area contributed by atoms with E-state index in [1.807, 2.05) is 0 Å². The summed E-state index contributed by atoms with van der Waals surface area (Å²) < 4.78 is 18.3. The molecule has 0 spiro atoms. The number of rotatable bonds is 6. The van der Waals surface area contributed by atoms with Crippen LogP contribution in [0.1, 0.15) is 163 Å². The fraction of sp³-hybridized carbons (Fsp3) is 0.500. The van der Waals surface area contributed by atoms with E-state index in [-0.39, 0.29) is 39.8 Å². The minimum absolute atomic E-state index is 0.179. The molecule has 6 nitrogen and oxygen atoms in total. The van der Waals surface area contributed by atoms with Gasteiger partial charge in [-0.1, -0.05) is 139 Å². The van der Waals surface area contributed by atoms with E-state index in [0.717, 1.165) is 78.9 Å². The largest absolute Gasteiger partial charge is 0.507 e. The van der Waals surface area contributed by atoms with Crippen molar-refractivity contribution in [2.75, 3.05) is 20.3 Å². The Labute approximate surface area is 336 Å². The summed E-state index contributed by atoms with van der Waals surface area (Å²) in [5, 5.41) is 24.4. The Hall–Kier alpha value is -4.45. The number of esters is 1. The fourth-order valence-electron chi connectivity index (χ4n) is 7.41. The lowest BCUT2D eigenvalue weighted by Gasteiger charge is -2.28. The lowest BCUT2D eigenvalue weighted by atomic mass is 9.79. The van der Waals surface area contributed by atoms with Gasteiger partial charge in [-0.05, 0) is 94.8 Å². The average molecular weight is 763 g/mol. The Morgan fingerprint density at radius 1 is 0.500 bits per heavy atom. The van der Waals surface area contributed by atoms with Crippen LogP contribution in [-0.4, -0.2) is 36.5 Å². The molecular weight excluding hydrogens is 697 g/mol. The number of aromatic hydroxyl groups is 2. The molecule has 0 aromatic heterocycles. The maximum atomic E-state index is 12.7. The van der Waals surface area contributed by atoms with Crippen molar-refractivity contribution in [3.8, 4) is 23.0 Å². The van der Waals surface area contributed by atoms with Gasteiger partial charge in [0.05, 0.1) is 13.7 Å². The maximum absolute atomic E-state index is 12.7. The van der Waals surface area contributed by atoms with Crippen LogP contribution in [0, 0.1) is 0 Å². The van der Waals surface area contributed by atoms with Crippen LogP contribution >= 0.6 is 0 Å². The first kappa shape index (κ1) is 42.7. The molecule has 0 saturated heterocycles. The number of carbonyl (C=O) groups excluding carboxylic acids is 1. The Kier molecular flexibility index (Phi) is 12.1. The van der Waals surface area contributed by atoms with E-state index in [2.05, 4.69) is 139 Å². The number of hydrogen-bond acceptors (Lipinski definition) is 6. The number of phenolic OH excluding ortho intramolecular Hbond substituents is 2.